The number of nitrogens with one attached hydrogen (secondary N) is 1. The van der Waals surface area contributed by atoms with Crippen LogP contribution in [0, 0.1) is 13.8 Å². The van der Waals surface area contributed by atoms with E-state index in [0.29, 0.717) is 17.8 Å². The molecule has 4 rings (SSSR count). The van der Waals surface area contributed by atoms with Gasteiger partial charge >= 0.3 is 0 Å². The van der Waals surface area contributed by atoms with Crippen LogP contribution in [0.25, 0.3) is 21.1 Å². The summed E-state index contributed by atoms with van der Waals surface area (Å²) < 4.78 is 1.38. The van der Waals surface area contributed by atoms with Gasteiger partial charge in [0.2, 0.25) is 0 Å². The first kappa shape index (κ1) is 20.7. The van der Waals surface area contributed by atoms with Crippen LogP contribution in [-0.2, 0) is 6.54 Å². The molecule has 0 saturated heterocycles. The highest BCUT2D eigenvalue weighted by Gasteiger charge is 2.14. The van der Waals surface area contributed by atoms with E-state index < -0.39 is 0 Å². The second-order valence-electron chi connectivity index (χ2n) is 7.20. The molecular weight excluding hydrogens is 408 g/mol. The molecule has 156 valence electrons. The number of benzene rings is 2. The van der Waals surface area contributed by atoms with Gasteiger partial charge in [-0.2, -0.15) is 5.10 Å². The molecular formula is C24H22N4O2S. The fourth-order valence-corrected chi connectivity index (χ4v) is 4.19. The highest BCUT2D eigenvalue weighted by atomic mass is 32.1. The van der Waals surface area contributed by atoms with Crippen molar-refractivity contribution < 1.29 is 4.79 Å². The van der Waals surface area contributed by atoms with Gasteiger partial charge in [0.1, 0.15) is 10.7 Å². The highest BCUT2D eigenvalue weighted by molar-refractivity contribution is 7.18. The molecule has 0 bridgehead atoms. The van der Waals surface area contributed by atoms with Crippen LogP contribution in [0.4, 0.5) is 0 Å². The molecule has 4 aromatic rings. The molecule has 1 N–H and O–H groups in total. The van der Waals surface area contributed by atoms with Gasteiger partial charge in [0.05, 0.1) is 17.1 Å². The first-order valence-electron chi connectivity index (χ1n) is 9.97. The average molecular weight is 431 g/mol. The largest absolute Gasteiger partial charge is 0.350 e. The molecule has 2 heterocycles. The van der Waals surface area contributed by atoms with Gasteiger partial charge in [0.15, 0.2) is 0 Å². The van der Waals surface area contributed by atoms with Crippen LogP contribution in [0.1, 0.15) is 21.6 Å². The molecule has 0 fully saturated rings. The Morgan fingerprint density at radius 1 is 1.00 bits per heavy atom. The summed E-state index contributed by atoms with van der Waals surface area (Å²) in [6.07, 6.45) is 0. The summed E-state index contributed by atoms with van der Waals surface area (Å²) in [5, 5.41) is 8.27. The van der Waals surface area contributed by atoms with Crippen molar-refractivity contribution in [2.75, 3.05) is 6.54 Å². The van der Waals surface area contributed by atoms with Crippen molar-refractivity contribution in [3.63, 3.8) is 0 Å². The maximum absolute atomic E-state index is 12.3. The maximum Gasteiger partial charge on any atom is 0.266 e. The second kappa shape index (κ2) is 9.06. The first-order valence-corrected chi connectivity index (χ1v) is 10.8. The summed E-state index contributed by atoms with van der Waals surface area (Å²) in [4.78, 5) is 30.1. The smallest absolute Gasteiger partial charge is 0.266 e. The standard InChI is InChI=1S/C24H22N4O2S/c1-16-8-10-18(11-9-16)23(30)25-14-15-28-21(29)13-12-20(27-28)22-17(2)26-24(31-22)19-6-4-3-5-7-19/h3-13H,14-15H2,1-2H3,(H,25,30). The number of hydrogen-bond donors (Lipinski definition) is 1. The van der Waals surface area contributed by atoms with Gasteiger partial charge in [-0.25, -0.2) is 9.67 Å². The van der Waals surface area contributed by atoms with Gasteiger partial charge in [0.25, 0.3) is 11.5 Å². The molecule has 0 saturated carbocycles. The summed E-state index contributed by atoms with van der Waals surface area (Å²) in [5.74, 6) is -0.171. The minimum absolute atomic E-state index is 0.171. The predicted molar refractivity (Wildman–Crippen MR) is 123 cm³/mol. The lowest BCUT2D eigenvalue weighted by molar-refractivity contribution is 0.0951. The topological polar surface area (TPSA) is 76.9 Å². The lowest BCUT2D eigenvalue weighted by atomic mass is 10.1. The Morgan fingerprint density at radius 3 is 2.48 bits per heavy atom. The maximum atomic E-state index is 12.3. The van der Waals surface area contributed by atoms with Crippen molar-refractivity contribution in [1.29, 1.82) is 0 Å². The van der Waals surface area contributed by atoms with E-state index in [1.54, 1.807) is 29.5 Å². The summed E-state index contributed by atoms with van der Waals surface area (Å²) in [5.41, 5.74) is 4.09. The molecule has 0 aliphatic carbocycles. The van der Waals surface area contributed by atoms with Crippen LogP contribution in [0.3, 0.4) is 0 Å². The van der Waals surface area contributed by atoms with Crippen LogP contribution >= 0.6 is 11.3 Å². The number of amides is 1. The molecule has 0 aliphatic heterocycles. The molecule has 6 nitrogen and oxygen atoms in total. The van der Waals surface area contributed by atoms with Crippen molar-refractivity contribution in [2.24, 2.45) is 0 Å². The molecule has 1 amide bonds. The fourth-order valence-electron chi connectivity index (χ4n) is 3.15. The van der Waals surface area contributed by atoms with E-state index >= 15 is 0 Å². The summed E-state index contributed by atoms with van der Waals surface area (Å²) in [6, 6.07) is 20.6. The molecule has 0 aliphatic rings. The number of aryl methyl sites for hydroxylation is 2. The zero-order valence-electron chi connectivity index (χ0n) is 17.3. The van der Waals surface area contributed by atoms with Crippen molar-refractivity contribution in [1.82, 2.24) is 20.1 Å². The van der Waals surface area contributed by atoms with Gasteiger partial charge in [-0.05, 0) is 32.0 Å². The molecule has 2 aromatic heterocycles. The summed E-state index contributed by atoms with van der Waals surface area (Å²) in [6.45, 7) is 4.51. The minimum Gasteiger partial charge on any atom is -0.350 e. The zero-order valence-corrected chi connectivity index (χ0v) is 18.1. The number of carbonyl (C=O) groups is 1. The molecule has 0 spiro atoms. The molecule has 0 radical (unpaired) electrons. The third-order valence-electron chi connectivity index (χ3n) is 4.84. The average Bonchev–Trinajstić information content (AvgIpc) is 3.17. The van der Waals surface area contributed by atoms with E-state index in [2.05, 4.69) is 15.4 Å². The third-order valence-corrected chi connectivity index (χ3v) is 6.07. The molecule has 31 heavy (non-hydrogen) atoms. The van der Waals surface area contributed by atoms with Crippen molar-refractivity contribution in [3.8, 4) is 21.1 Å². The van der Waals surface area contributed by atoms with Crippen LogP contribution in [0.15, 0.2) is 71.5 Å². The van der Waals surface area contributed by atoms with Gasteiger partial charge in [-0.1, -0.05) is 48.0 Å². The number of carbonyl (C=O) groups excluding carboxylic acids is 1. The summed E-state index contributed by atoms with van der Waals surface area (Å²) in [7, 11) is 0. The van der Waals surface area contributed by atoms with Gasteiger partial charge in [0, 0.05) is 23.7 Å². The Kier molecular flexibility index (Phi) is 6.04. The number of nitrogens with zero attached hydrogens (tertiary/aromatic N) is 3. The van der Waals surface area contributed by atoms with Crippen LogP contribution in [-0.4, -0.2) is 27.2 Å². The minimum atomic E-state index is -0.209. The molecule has 0 atom stereocenters. The number of hydrogen-bond acceptors (Lipinski definition) is 5. The number of rotatable bonds is 6. The second-order valence-corrected chi connectivity index (χ2v) is 8.20. The lowest BCUT2D eigenvalue weighted by Crippen LogP contribution is -2.31. The Morgan fingerprint density at radius 2 is 1.74 bits per heavy atom. The zero-order chi connectivity index (χ0) is 21.8. The molecule has 7 heteroatoms. The SMILES string of the molecule is Cc1ccc(C(=O)NCCn2nc(-c3sc(-c4ccccc4)nc3C)ccc2=O)cc1. The fraction of sp³-hybridized carbons (Fsp3) is 0.167. The monoisotopic (exact) mass is 430 g/mol. The predicted octanol–water partition coefficient (Wildman–Crippen LogP) is 4.08. The van der Waals surface area contributed by atoms with Crippen molar-refractivity contribution in [2.45, 2.75) is 20.4 Å². The van der Waals surface area contributed by atoms with E-state index in [-0.39, 0.29) is 18.0 Å². The number of aromatic nitrogens is 3. The van der Waals surface area contributed by atoms with E-state index in [1.807, 2.05) is 56.3 Å². The molecule has 0 unspecified atom stereocenters. The summed E-state index contributed by atoms with van der Waals surface area (Å²) >= 11 is 1.55. The van der Waals surface area contributed by atoms with E-state index in [4.69, 9.17) is 0 Å². The molecule has 2 aromatic carbocycles. The van der Waals surface area contributed by atoms with Crippen LogP contribution in [0.5, 0.6) is 0 Å². The Balaban J connectivity index is 1.49. The van der Waals surface area contributed by atoms with E-state index in [1.165, 1.54) is 10.7 Å². The first-order chi connectivity index (χ1) is 15.0. The van der Waals surface area contributed by atoms with E-state index in [9.17, 15) is 9.59 Å². The van der Waals surface area contributed by atoms with Crippen molar-refractivity contribution in [3.05, 3.63) is 93.9 Å². The van der Waals surface area contributed by atoms with Crippen LogP contribution in [0.2, 0.25) is 0 Å². The highest BCUT2D eigenvalue weighted by Crippen LogP contribution is 2.33. The lowest BCUT2D eigenvalue weighted by Gasteiger charge is -2.08. The van der Waals surface area contributed by atoms with Crippen LogP contribution < -0.4 is 10.9 Å². The Hall–Kier alpha value is -3.58. The number of thiazole rings is 1. The Labute approximate surface area is 184 Å². The quantitative estimate of drug-likeness (QED) is 0.500. The normalized spacial score (nSPS) is 10.8. The van der Waals surface area contributed by atoms with Gasteiger partial charge < -0.3 is 5.32 Å². The Bertz CT molecular complexity index is 1260. The van der Waals surface area contributed by atoms with Crippen molar-refractivity contribution >= 4 is 17.2 Å². The van der Waals surface area contributed by atoms with Gasteiger partial charge in [-0.3, -0.25) is 9.59 Å². The van der Waals surface area contributed by atoms with Gasteiger partial charge in [-0.15, -0.1) is 11.3 Å². The van der Waals surface area contributed by atoms with E-state index in [0.717, 1.165) is 26.7 Å². The third kappa shape index (κ3) is 4.78.